The third-order valence-corrected chi connectivity index (χ3v) is 7.30. The highest BCUT2D eigenvalue weighted by Gasteiger charge is 2.28. The van der Waals surface area contributed by atoms with Crippen LogP contribution in [0, 0.1) is 5.92 Å². The number of benzene rings is 1. The van der Waals surface area contributed by atoms with Crippen molar-refractivity contribution in [2.45, 2.75) is 45.8 Å². The van der Waals surface area contributed by atoms with Crippen LogP contribution in [0.2, 0.25) is 0 Å². The third-order valence-electron chi connectivity index (χ3n) is 7.30. The van der Waals surface area contributed by atoms with E-state index < -0.39 is 12.2 Å². The van der Waals surface area contributed by atoms with E-state index in [4.69, 9.17) is 14.2 Å². The first kappa shape index (κ1) is 29.3. The zero-order chi connectivity index (χ0) is 30.0. The smallest absolute Gasteiger partial charge is 0.410 e. The molecule has 0 spiro atoms. The normalized spacial score (nSPS) is 17.6. The predicted octanol–water partition coefficient (Wildman–Crippen LogP) is 4.46. The number of carbonyl (C=O) groups is 2. The summed E-state index contributed by atoms with van der Waals surface area (Å²) in [4.78, 5) is 36.6. The van der Waals surface area contributed by atoms with Crippen LogP contribution >= 0.6 is 0 Å². The van der Waals surface area contributed by atoms with E-state index in [0.717, 1.165) is 16.6 Å². The second-order valence-electron chi connectivity index (χ2n) is 11.5. The van der Waals surface area contributed by atoms with Crippen molar-refractivity contribution in [3.8, 4) is 22.9 Å². The predicted molar refractivity (Wildman–Crippen MR) is 152 cm³/mol. The van der Waals surface area contributed by atoms with Crippen molar-refractivity contribution >= 4 is 28.7 Å². The molecule has 1 N–H and O–H groups in total. The van der Waals surface area contributed by atoms with Crippen molar-refractivity contribution in [3.05, 3.63) is 30.6 Å². The van der Waals surface area contributed by atoms with Crippen LogP contribution in [-0.4, -0.2) is 83.5 Å². The fourth-order valence-electron chi connectivity index (χ4n) is 5.17. The molecule has 13 heteroatoms. The summed E-state index contributed by atoms with van der Waals surface area (Å²) in [7, 11) is 1.58. The average Bonchev–Trinajstić information content (AvgIpc) is 3.58. The molecule has 4 heterocycles. The molecule has 42 heavy (non-hydrogen) atoms. The van der Waals surface area contributed by atoms with Gasteiger partial charge in [-0.1, -0.05) is 6.07 Å². The van der Waals surface area contributed by atoms with Crippen molar-refractivity contribution in [1.82, 2.24) is 24.8 Å². The molecule has 0 bridgehead atoms. The number of aromatic nitrogens is 3. The Morgan fingerprint density at radius 2 is 1.93 bits per heavy atom. The van der Waals surface area contributed by atoms with E-state index in [1.807, 2.05) is 39.0 Å². The van der Waals surface area contributed by atoms with Crippen molar-refractivity contribution < 1.29 is 32.6 Å². The summed E-state index contributed by atoms with van der Waals surface area (Å²) in [5.41, 5.74) is 1.95. The van der Waals surface area contributed by atoms with Crippen LogP contribution in [0.4, 0.5) is 19.3 Å². The SMILES string of the molecule is COc1cc(-c2cc3ncn(C(F)F)c3c(OCC[C@H]3CNC(=O)C3)n2)ccc1N1CCN(C(=O)OC(C)(C)C)CC1. The molecule has 2 aliphatic heterocycles. The number of hydrogen-bond acceptors (Lipinski definition) is 8. The summed E-state index contributed by atoms with van der Waals surface area (Å²) in [6.07, 6.45) is 1.75. The number of rotatable bonds is 8. The maximum atomic E-state index is 13.7. The van der Waals surface area contributed by atoms with Crippen molar-refractivity contribution in [3.63, 3.8) is 0 Å². The van der Waals surface area contributed by atoms with Gasteiger partial charge in [-0.05, 0) is 51.3 Å². The first-order chi connectivity index (χ1) is 20.0. The molecule has 1 atom stereocenters. The van der Waals surface area contributed by atoms with E-state index in [0.29, 0.717) is 68.1 Å². The highest BCUT2D eigenvalue weighted by molar-refractivity contribution is 5.85. The summed E-state index contributed by atoms with van der Waals surface area (Å²) in [5.74, 6) is 0.789. The van der Waals surface area contributed by atoms with E-state index in [1.165, 1.54) is 0 Å². The van der Waals surface area contributed by atoms with Crippen LogP contribution in [0.3, 0.4) is 0 Å². The van der Waals surface area contributed by atoms with Crippen LogP contribution in [0.25, 0.3) is 22.3 Å². The Bertz CT molecular complexity index is 1450. The van der Waals surface area contributed by atoms with Gasteiger partial charge < -0.3 is 29.3 Å². The Hall–Kier alpha value is -4.16. The second-order valence-corrected chi connectivity index (χ2v) is 11.5. The van der Waals surface area contributed by atoms with Gasteiger partial charge in [-0.3, -0.25) is 9.36 Å². The number of anilines is 1. The molecule has 2 fully saturated rings. The van der Waals surface area contributed by atoms with E-state index in [-0.39, 0.29) is 35.9 Å². The molecule has 0 radical (unpaired) electrons. The first-order valence-electron chi connectivity index (χ1n) is 14.0. The van der Waals surface area contributed by atoms with Crippen LogP contribution < -0.4 is 19.7 Å². The molecule has 2 amide bonds. The average molecular weight is 587 g/mol. The number of fused-ring (bicyclic) bond motifs is 1. The minimum atomic E-state index is -2.81. The van der Waals surface area contributed by atoms with Gasteiger partial charge in [0.2, 0.25) is 11.8 Å². The van der Waals surface area contributed by atoms with Gasteiger partial charge in [0.05, 0.1) is 30.6 Å². The number of nitrogens with zero attached hydrogens (tertiary/aromatic N) is 5. The molecule has 2 aliphatic rings. The lowest BCUT2D eigenvalue weighted by Gasteiger charge is -2.37. The molecular formula is C29H36F2N6O5. The van der Waals surface area contributed by atoms with Crippen LogP contribution in [-0.2, 0) is 9.53 Å². The number of amides is 2. The Balaban J connectivity index is 1.36. The molecule has 0 unspecified atom stereocenters. The first-order valence-corrected chi connectivity index (χ1v) is 14.0. The fraction of sp³-hybridized carbons (Fsp3) is 0.517. The Morgan fingerprint density at radius 1 is 1.17 bits per heavy atom. The largest absolute Gasteiger partial charge is 0.495 e. The van der Waals surface area contributed by atoms with Crippen LogP contribution in [0.1, 0.15) is 40.2 Å². The molecule has 2 saturated heterocycles. The summed E-state index contributed by atoms with van der Waals surface area (Å²) in [5, 5.41) is 2.79. The Morgan fingerprint density at radius 3 is 2.57 bits per heavy atom. The van der Waals surface area contributed by atoms with Gasteiger partial charge in [-0.15, -0.1) is 0 Å². The van der Waals surface area contributed by atoms with Gasteiger partial charge in [-0.25, -0.2) is 14.8 Å². The van der Waals surface area contributed by atoms with E-state index in [9.17, 15) is 18.4 Å². The highest BCUT2D eigenvalue weighted by atomic mass is 19.3. The number of carbonyl (C=O) groups excluding carboxylic acids is 2. The number of methoxy groups -OCH3 is 1. The van der Waals surface area contributed by atoms with E-state index in [1.54, 1.807) is 18.1 Å². The fourth-order valence-corrected chi connectivity index (χ4v) is 5.17. The molecular weight excluding hydrogens is 550 g/mol. The summed E-state index contributed by atoms with van der Waals surface area (Å²) in [6.45, 7) is 5.74. The zero-order valence-corrected chi connectivity index (χ0v) is 24.2. The molecule has 11 nitrogen and oxygen atoms in total. The molecule has 226 valence electrons. The number of imidazole rings is 1. The van der Waals surface area contributed by atoms with Gasteiger partial charge in [0.25, 0.3) is 0 Å². The van der Waals surface area contributed by atoms with Crippen LogP contribution in [0.5, 0.6) is 11.6 Å². The summed E-state index contributed by atoms with van der Waals surface area (Å²) < 4.78 is 45.4. The lowest BCUT2D eigenvalue weighted by molar-refractivity contribution is -0.119. The van der Waals surface area contributed by atoms with Gasteiger partial charge in [0.1, 0.15) is 23.2 Å². The summed E-state index contributed by atoms with van der Waals surface area (Å²) >= 11 is 0. The standard InChI is InChI=1S/C29H36F2N6O5/c1-29(2,3)42-28(39)36-10-8-35(9-11-36)22-6-5-19(14-23(22)40-4)20-15-21-25(37(17-33-21)27(30)31)26(34-20)41-12-7-18-13-24(38)32-16-18/h5-6,14-15,17-18,27H,7-13,16H2,1-4H3,(H,32,38)/t18-/m1/s1. The Labute approximate surface area is 242 Å². The topological polar surface area (TPSA) is 111 Å². The number of nitrogens with one attached hydrogen (secondary N) is 1. The second kappa shape index (κ2) is 12.0. The zero-order valence-electron chi connectivity index (χ0n) is 24.2. The number of pyridine rings is 1. The number of hydrogen-bond donors (Lipinski definition) is 1. The maximum Gasteiger partial charge on any atom is 0.410 e. The van der Waals surface area contributed by atoms with Gasteiger partial charge >= 0.3 is 12.6 Å². The van der Waals surface area contributed by atoms with E-state index in [2.05, 4.69) is 20.2 Å². The number of halogens is 2. The van der Waals surface area contributed by atoms with Crippen molar-refractivity contribution in [2.75, 3.05) is 51.3 Å². The van der Waals surface area contributed by atoms with Crippen molar-refractivity contribution in [2.24, 2.45) is 5.92 Å². The minimum Gasteiger partial charge on any atom is -0.495 e. The van der Waals surface area contributed by atoms with Crippen molar-refractivity contribution in [1.29, 1.82) is 0 Å². The molecule has 0 aliphatic carbocycles. The molecule has 1 aromatic carbocycles. The van der Waals surface area contributed by atoms with Gasteiger partial charge in [0.15, 0.2) is 0 Å². The highest BCUT2D eigenvalue weighted by Crippen LogP contribution is 2.36. The summed E-state index contributed by atoms with van der Waals surface area (Å²) in [6, 6.07) is 7.30. The number of alkyl halides is 2. The number of ether oxygens (including phenoxy) is 3. The van der Waals surface area contributed by atoms with E-state index >= 15 is 0 Å². The number of piperazine rings is 1. The lowest BCUT2D eigenvalue weighted by Crippen LogP contribution is -2.50. The maximum absolute atomic E-state index is 13.7. The van der Waals surface area contributed by atoms with Crippen LogP contribution in [0.15, 0.2) is 30.6 Å². The molecule has 2 aromatic heterocycles. The lowest BCUT2D eigenvalue weighted by atomic mass is 10.1. The molecule has 0 saturated carbocycles. The minimum absolute atomic E-state index is 0.000559. The van der Waals surface area contributed by atoms with Gasteiger partial charge in [0, 0.05) is 44.7 Å². The van der Waals surface area contributed by atoms with Gasteiger partial charge in [-0.2, -0.15) is 8.78 Å². The monoisotopic (exact) mass is 586 g/mol. The molecule has 5 rings (SSSR count). The quantitative estimate of drug-likeness (QED) is 0.412. The third kappa shape index (κ3) is 6.50. The Kier molecular flexibility index (Phi) is 8.37. The molecule has 3 aromatic rings.